The monoisotopic (exact) mass is 489 g/mol. The predicted molar refractivity (Wildman–Crippen MR) is 122 cm³/mol. The molecule has 0 saturated carbocycles. The molecule has 9 heteroatoms. The van der Waals surface area contributed by atoms with Gasteiger partial charge >= 0.3 is 0 Å². The fourth-order valence-corrected chi connectivity index (χ4v) is 4.10. The predicted octanol–water partition coefficient (Wildman–Crippen LogP) is 6.00. The van der Waals surface area contributed by atoms with Crippen LogP contribution in [-0.2, 0) is 11.2 Å². The average molecular weight is 491 g/mol. The Morgan fingerprint density at radius 1 is 1.16 bits per heavy atom. The van der Waals surface area contributed by atoms with Crippen molar-refractivity contribution in [2.75, 3.05) is 6.54 Å². The Kier molecular flexibility index (Phi) is 10.5. The summed E-state index contributed by atoms with van der Waals surface area (Å²) >= 11 is 17.6. The number of hydrogen-bond acceptors (Lipinski definition) is 4. The Bertz CT molecular complexity index is 843. The lowest BCUT2D eigenvalue weighted by Gasteiger charge is -2.22. The van der Waals surface area contributed by atoms with E-state index in [2.05, 4.69) is 24.1 Å². The van der Waals surface area contributed by atoms with Crippen LogP contribution in [0.3, 0.4) is 0 Å². The largest absolute Gasteiger partial charge is 0.308 e. The van der Waals surface area contributed by atoms with Crippen molar-refractivity contribution in [3.05, 3.63) is 62.6 Å². The van der Waals surface area contributed by atoms with Gasteiger partial charge in [0, 0.05) is 12.1 Å². The number of nitrogens with one attached hydrogen (secondary N) is 2. The van der Waals surface area contributed by atoms with Gasteiger partial charge < -0.3 is 5.32 Å². The molecule has 0 aliphatic heterocycles. The average Bonchev–Trinajstić information content (AvgIpc) is 2.73. The Labute approximate surface area is 197 Å². The van der Waals surface area contributed by atoms with Crippen LogP contribution in [0.25, 0.3) is 0 Å². The third-order valence-corrected chi connectivity index (χ3v) is 5.86. The minimum Gasteiger partial charge on any atom is -0.308 e. The van der Waals surface area contributed by atoms with Crippen molar-refractivity contribution in [1.82, 2.24) is 15.8 Å². The lowest BCUT2D eigenvalue weighted by atomic mass is 9.93. The number of nitrogens with zero attached hydrogens (tertiary/aromatic N) is 1. The minimum absolute atomic E-state index is 0.0922. The molecule has 3 N–H and O–H groups in total. The zero-order valence-corrected chi connectivity index (χ0v) is 19.7. The van der Waals surface area contributed by atoms with Crippen molar-refractivity contribution >= 4 is 40.7 Å². The van der Waals surface area contributed by atoms with Crippen LogP contribution in [0.1, 0.15) is 50.4 Å². The summed E-state index contributed by atoms with van der Waals surface area (Å²) in [5, 5.41) is 13.0. The van der Waals surface area contributed by atoms with Crippen LogP contribution >= 0.6 is 34.8 Å². The molecule has 0 aliphatic carbocycles. The van der Waals surface area contributed by atoms with Gasteiger partial charge in [-0.25, -0.2) is 9.87 Å². The first kappa shape index (κ1) is 25.8. The van der Waals surface area contributed by atoms with Gasteiger partial charge in [-0.2, -0.15) is 0 Å². The third kappa shape index (κ3) is 7.88. The van der Waals surface area contributed by atoms with Gasteiger partial charge in [-0.1, -0.05) is 55.1 Å². The standard InChI is InChI=1S/C22H27Cl3FN3O2/c1-13(2)21(19-7-6-16(23)12-28-19)27-8-4-3-5-15(22(30)29-31)9-14-10-17(24)20(26)18(25)11-14/h6-7,10-13,15,21,27,31H,3-5,8-9H2,1-2H3,(H,29,30)/t15-,21+/m0/s1. The van der Waals surface area contributed by atoms with Gasteiger partial charge in [0.05, 0.1) is 26.8 Å². The zero-order valence-electron chi connectivity index (χ0n) is 17.5. The molecule has 170 valence electrons. The highest BCUT2D eigenvalue weighted by molar-refractivity contribution is 6.35. The molecule has 0 saturated heterocycles. The lowest BCUT2D eigenvalue weighted by molar-refractivity contribution is -0.133. The summed E-state index contributed by atoms with van der Waals surface area (Å²) in [6, 6.07) is 6.74. The van der Waals surface area contributed by atoms with Gasteiger partial charge in [0.15, 0.2) is 5.82 Å². The maximum absolute atomic E-state index is 13.6. The summed E-state index contributed by atoms with van der Waals surface area (Å²) in [6.45, 7) is 4.98. The number of aromatic nitrogens is 1. The maximum Gasteiger partial charge on any atom is 0.246 e. The van der Waals surface area contributed by atoms with Crippen molar-refractivity contribution in [3.8, 4) is 0 Å². The normalized spacial score (nSPS) is 13.3. The van der Waals surface area contributed by atoms with Gasteiger partial charge in [-0.15, -0.1) is 0 Å². The Hall–Kier alpha value is -1.44. The number of halogens is 4. The van der Waals surface area contributed by atoms with Crippen molar-refractivity contribution in [1.29, 1.82) is 0 Å². The molecule has 0 aliphatic rings. The topological polar surface area (TPSA) is 74.2 Å². The van der Waals surface area contributed by atoms with Crippen LogP contribution < -0.4 is 10.8 Å². The van der Waals surface area contributed by atoms with Crippen molar-refractivity contribution in [3.63, 3.8) is 0 Å². The second kappa shape index (κ2) is 12.6. The molecule has 0 bridgehead atoms. The van der Waals surface area contributed by atoms with E-state index in [9.17, 15) is 9.18 Å². The second-order valence-electron chi connectivity index (χ2n) is 7.82. The van der Waals surface area contributed by atoms with Gasteiger partial charge in [0.1, 0.15) is 0 Å². The molecule has 5 nitrogen and oxygen atoms in total. The molecule has 2 aromatic rings. The fourth-order valence-electron chi connectivity index (χ4n) is 3.45. The van der Waals surface area contributed by atoms with Crippen LogP contribution in [0.2, 0.25) is 15.1 Å². The number of rotatable bonds is 11. The van der Waals surface area contributed by atoms with Crippen molar-refractivity contribution < 1.29 is 14.4 Å². The minimum atomic E-state index is -0.684. The fraction of sp³-hybridized carbons (Fsp3) is 0.455. The first-order valence-electron chi connectivity index (χ1n) is 10.1. The van der Waals surface area contributed by atoms with E-state index in [-0.39, 0.29) is 16.1 Å². The molecule has 1 heterocycles. The summed E-state index contributed by atoms with van der Waals surface area (Å²) < 4.78 is 13.6. The molecule has 1 aromatic carbocycles. The summed E-state index contributed by atoms with van der Waals surface area (Å²) in [4.78, 5) is 16.5. The number of hydrogen-bond donors (Lipinski definition) is 3. The molecule has 2 rings (SSSR count). The highest BCUT2D eigenvalue weighted by atomic mass is 35.5. The van der Waals surface area contributed by atoms with Gasteiger partial charge in [0.25, 0.3) is 0 Å². The van der Waals surface area contributed by atoms with E-state index < -0.39 is 17.6 Å². The molecule has 31 heavy (non-hydrogen) atoms. The number of carbonyl (C=O) groups excluding carboxylic acids is 1. The van der Waals surface area contributed by atoms with E-state index >= 15 is 0 Å². The lowest BCUT2D eigenvalue weighted by Crippen LogP contribution is -2.30. The second-order valence-corrected chi connectivity index (χ2v) is 9.07. The van der Waals surface area contributed by atoms with Crippen LogP contribution in [0.5, 0.6) is 0 Å². The quantitative estimate of drug-likeness (QED) is 0.156. The molecule has 2 atom stereocenters. The molecule has 1 aromatic heterocycles. The van der Waals surface area contributed by atoms with Crippen LogP contribution in [0, 0.1) is 17.7 Å². The van der Waals surface area contributed by atoms with Crippen LogP contribution in [-0.4, -0.2) is 22.6 Å². The summed E-state index contributed by atoms with van der Waals surface area (Å²) in [7, 11) is 0. The number of unbranched alkanes of at least 4 members (excludes halogenated alkanes) is 1. The molecular weight excluding hydrogens is 464 g/mol. The van der Waals surface area contributed by atoms with E-state index in [1.54, 1.807) is 11.7 Å². The smallest absolute Gasteiger partial charge is 0.246 e. The van der Waals surface area contributed by atoms with E-state index in [1.807, 2.05) is 12.1 Å². The van der Waals surface area contributed by atoms with Gasteiger partial charge in [0.2, 0.25) is 5.91 Å². The van der Waals surface area contributed by atoms with Crippen LogP contribution in [0.15, 0.2) is 30.5 Å². The summed E-state index contributed by atoms with van der Waals surface area (Å²) in [5.41, 5.74) is 3.28. The molecule has 0 unspecified atom stereocenters. The number of pyridine rings is 1. The first-order chi connectivity index (χ1) is 14.7. The summed E-state index contributed by atoms with van der Waals surface area (Å²) in [6.07, 6.45) is 4.07. The van der Waals surface area contributed by atoms with Gasteiger partial charge in [-0.05, 0) is 61.6 Å². The maximum atomic E-state index is 13.6. The number of benzene rings is 1. The highest BCUT2D eigenvalue weighted by Gasteiger charge is 2.20. The van der Waals surface area contributed by atoms with Crippen molar-refractivity contribution in [2.24, 2.45) is 11.8 Å². The molecule has 0 spiro atoms. The molecule has 1 amide bonds. The Morgan fingerprint density at radius 2 is 1.84 bits per heavy atom. The number of hydroxylamine groups is 1. The first-order valence-corrected chi connectivity index (χ1v) is 11.3. The number of amides is 1. The Morgan fingerprint density at radius 3 is 2.39 bits per heavy atom. The SMILES string of the molecule is CC(C)[C@@H](NCCCC[C@@H](Cc1cc(Cl)c(F)c(Cl)c1)C(=O)NO)c1ccc(Cl)cn1. The zero-order chi connectivity index (χ0) is 23.0. The van der Waals surface area contributed by atoms with Crippen molar-refractivity contribution in [2.45, 2.75) is 45.6 Å². The summed E-state index contributed by atoms with van der Waals surface area (Å²) in [5.74, 6) is -1.32. The third-order valence-electron chi connectivity index (χ3n) is 5.09. The van der Waals surface area contributed by atoms with E-state index in [1.165, 1.54) is 12.1 Å². The molecular formula is C22H27Cl3FN3O2. The van der Waals surface area contributed by atoms with E-state index in [4.69, 9.17) is 40.0 Å². The highest BCUT2D eigenvalue weighted by Crippen LogP contribution is 2.27. The number of carbonyl (C=O) groups is 1. The van der Waals surface area contributed by atoms with Gasteiger partial charge in [-0.3, -0.25) is 15.0 Å². The Balaban J connectivity index is 1.89. The van der Waals surface area contributed by atoms with E-state index in [0.717, 1.165) is 25.1 Å². The molecule has 0 fully saturated rings. The molecule has 0 radical (unpaired) electrons. The van der Waals surface area contributed by atoms with Crippen LogP contribution in [0.4, 0.5) is 4.39 Å². The van der Waals surface area contributed by atoms with E-state index in [0.29, 0.717) is 29.3 Å².